The summed E-state index contributed by atoms with van der Waals surface area (Å²) in [6.45, 7) is 6.33. The molecule has 2 unspecified atom stereocenters. The molecule has 0 aliphatic heterocycles. The first-order chi connectivity index (χ1) is 8.20. The molecule has 0 spiro atoms. The normalized spacial score (nSPS) is 22.6. The molecule has 1 rings (SSSR count). The highest BCUT2D eigenvalue weighted by Crippen LogP contribution is 2.38. The maximum atomic E-state index is 5.91. The van der Waals surface area contributed by atoms with Gasteiger partial charge in [0.25, 0.3) is 0 Å². The van der Waals surface area contributed by atoms with Crippen LogP contribution in [0.5, 0.6) is 0 Å². The van der Waals surface area contributed by atoms with E-state index in [1.807, 2.05) is 7.11 Å². The third-order valence-electron chi connectivity index (χ3n) is 4.19. The van der Waals surface area contributed by atoms with Crippen molar-refractivity contribution in [3.8, 4) is 0 Å². The zero-order chi connectivity index (χ0) is 12.7. The van der Waals surface area contributed by atoms with Gasteiger partial charge < -0.3 is 14.8 Å². The second-order valence-corrected chi connectivity index (χ2v) is 5.27. The van der Waals surface area contributed by atoms with Crippen molar-refractivity contribution in [3.63, 3.8) is 0 Å². The van der Waals surface area contributed by atoms with E-state index < -0.39 is 0 Å². The van der Waals surface area contributed by atoms with Crippen LogP contribution in [-0.2, 0) is 9.47 Å². The van der Waals surface area contributed by atoms with Crippen molar-refractivity contribution in [2.45, 2.75) is 57.6 Å². The van der Waals surface area contributed by atoms with Gasteiger partial charge in [-0.2, -0.15) is 0 Å². The number of hydrogen-bond donors (Lipinski definition) is 1. The van der Waals surface area contributed by atoms with Crippen molar-refractivity contribution in [1.82, 2.24) is 5.32 Å². The quantitative estimate of drug-likeness (QED) is 0.711. The summed E-state index contributed by atoms with van der Waals surface area (Å²) >= 11 is 0. The molecule has 0 heterocycles. The molecule has 0 aromatic heterocycles. The molecule has 0 aromatic carbocycles. The summed E-state index contributed by atoms with van der Waals surface area (Å²) in [4.78, 5) is 0. The molecular formula is C14H29NO2. The summed E-state index contributed by atoms with van der Waals surface area (Å²) in [6, 6.07) is 0.454. The Labute approximate surface area is 106 Å². The van der Waals surface area contributed by atoms with Crippen LogP contribution in [-0.4, -0.2) is 39.0 Å². The van der Waals surface area contributed by atoms with Gasteiger partial charge in [-0.05, 0) is 31.7 Å². The van der Waals surface area contributed by atoms with Crippen molar-refractivity contribution in [2.75, 3.05) is 27.4 Å². The third kappa shape index (κ3) is 3.67. The first-order valence-electron chi connectivity index (χ1n) is 6.97. The number of ether oxygens (including phenoxy) is 2. The lowest BCUT2D eigenvalue weighted by Gasteiger charge is -2.40. The fraction of sp³-hybridized carbons (Fsp3) is 1.00. The van der Waals surface area contributed by atoms with E-state index in [1.54, 1.807) is 7.11 Å². The van der Waals surface area contributed by atoms with Crippen LogP contribution in [0.25, 0.3) is 0 Å². The number of methoxy groups -OCH3 is 2. The van der Waals surface area contributed by atoms with Crippen molar-refractivity contribution >= 4 is 0 Å². The van der Waals surface area contributed by atoms with Crippen LogP contribution in [0.4, 0.5) is 0 Å². The molecular weight excluding hydrogens is 214 g/mol. The summed E-state index contributed by atoms with van der Waals surface area (Å²) in [7, 11) is 3.65. The van der Waals surface area contributed by atoms with Gasteiger partial charge in [0.15, 0.2) is 0 Å². The van der Waals surface area contributed by atoms with Crippen LogP contribution >= 0.6 is 0 Å². The van der Waals surface area contributed by atoms with Gasteiger partial charge in [0.05, 0.1) is 5.60 Å². The molecule has 1 aliphatic rings. The van der Waals surface area contributed by atoms with Gasteiger partial charge in [0.1, 0.15) is 0 Å². The van der Waals surface area contributed by atoms with E-state index in [4.69, 9.17) is 9.47 Å². The topological polar surface area (TPSA) is 30.5 Å². The minimum Gasteiger partial charge on any atom is -0.385 e. The van der Waals surface area contributed by atoms with Crippen LogP contribution in [0.3, 0.4) is 0 Å². The molecule has 1 fully saturated rings. The lowest BCUT2D eigenvalue weighted by molar-refractivity contribution is -0.0522. The molecule has 1 aliphatic carbocycles. The molecule has 2 atom stereocenters. The number of nitrogens with one attached hydrogen (secondary N) is 1. The molecule has 0 saturated heterocycles. The van der Waals surface area contributed by atoms with Gasteiger partial charge >= 0.3 is 0 Å². The van der Waals surface area contributed by atoms with Crippen molar-refractivity contribution in [1.29, 1.82) is 0 Å². The van der Waals surface area contributed by atoms with E-state index in [0.717, 1.165) is 19.6 Å². The highest BCUT2D eigenvalue weighted by Gasteiger charge is 2.43. The van der Waals surface area contributed by atoms with Crippen LogP contribution in [0, 0.1) is 5.92 Å². The van der Waals surface area contributed by atoms with Crippen molar-refractivity contribution in [2.24, 2.45) is 5.92 Å². The van der Waals surface area contributed by atoms with Gasteiger partial charge in [0.2, 0.25) is 0 Å². The van der Waals surface area contributed by atoms with Crippen LogP contribution in [0.1, 0.15) is 46.0 Å². The summed E-state index contributed by atoms with van der Waals surface area (Å²) in [5.41, 5.74) is 0.0587. The Kier molecular flexibility index (Phi) is 6.45. The molecule has 102 valence electrons. The van der Waals surface area contributed by atoms with E-state index >= 15 is 0 Å². The predicted octanol–water partition coefficient (Wildman–Crippen LogP) is 2.60. The Morgan fingerprint density at radius 2 is 1.88 bits per heavy atom. The van der Waals surface area contributed by atoms with E-state index in [-0.39, 0.29) is 5.60 Å². The highest BCUT2D eigenvalue weighted by molar-refractivity contribution is 4.98. The molecule has 0 bridgehead atoms. The number of rotatable bonds is 8. The van der Waals surface area contributed by atoms with E-state index in [9.17, 15) is 0 Å². The van der Waals surface area contributed by atoms with Gasteiger partial charge in [-0.3, -0.25) is 0 Å². The summed E-state index contributed by atoms with van der Waals surface area (Å²) in [6.07, 6.45) is 6.08. The molecule has 0 radical (unpaired) electrons. The standard InChI is InChI=1S/C14H29NO2/c1-5-15-13(12(2)8-11-16-3)14(17-4)9-6-7-10-14/h12-13,15H,5-11H2,1-4H3. The second-order valence-electron chi connectivity index (χ2n) is 5.27. The molecule has 0 aromatic rings. The van der Waals surface area contributed by atoms with Crippen molar-refractivity contribution < 1.29 is 9.47 Å². The Morgan fingerprint density at radius 3 is 2.35 bits per heavy atom. The number of hydrogen-bond acceptors (Lipinski definition) is 3. The van der Waals surface area contributed by atoms with E-state index in [0.29, 0.717) is 12.0 Å². The lowest BCUT2D eigenvalue weighted by Crippen LogP contribution is -2.54. The molecule has 17 heavy (non-hydrogen) atoms. The maximum absolute atomic E-state index is 5.91. The molecule has 3 heteroatoms. The highest BCUT2D eigenvalue weighted by atomic mass is 16.5. The number of likely N-dealkylation sites (N-methyl/N-ethyl adjacent to an activating group) is 1. The fourth-order valence-corrected chi connectivity index (χ4v) is 3.21. The average Bonchev–Trinajstić information content (AvgIpc) is 2.82. The fourth-order valence-electron chi connectivity index (χ4n) is 3.21. The molecule has 1 saturated carbocycles. The predicted molar refractivity (Wildman–Crippen MR) is 71.3 cm³/mol. The average molecular weight is 243 g/mol. The third-order valence-corrected chi connectivity index (χ3v) is 4.19. The zero-order valence-corrected chi connectivity index (χ0v) is 11.9. The monoisotopic (exact) mass is 243 g/mol. The van der Waals surface area contributed by atoms with E-state index in [2.05, 4.69) is 19.2 Å². The summed E-state index contributed by atoms with van der Waals surface area (Å²) in [5, 5.41) is 3.64. The Balaban J connectivity index is 2.68. The lowest BCUT2D eigenvalue weighted by atomic mass is 9.82. The first-order valence-corrected chi connectivity index (χ1v) is 6.97. The Morgan fingerprint density at radius 1 is 1.24 bits per heavy atom. The Bertz CT molecular complexity index is 202. The minimum absolute atomic E-state index is 0.0587. The summed E-state index contributed by atoms with van der Waals surface area (Å²) in [5.74, 6) is 0.591. The summed E-state index contributed by atoms with van der Waals surface area (Å²) < 4.78 is 11.1. The maximum Gasteiger partial charge on any atom is 0.0833 e. The minimum atomic E-state index is 0.0587. The van der Waals surface area contributed by atoms with Gasteiger partial charge in [0, 0.05) is 26.9 Å². The van der Waals surface area contributed by atoms with E-state index in [1.165, 1.54) is 25.7 Å². The van der Waals surface area contributed by atoms with Gasteiger partial charge in [-0.1, -0.05) is 26.7 Å². The zero-order valence-electron chi connectivity index (χ0n) is 11.9. The van der Waals surface area contributed by atoms with Crippen LogP contribution in [0.15, 0.2) is 0 Å². The largest absolute Gasteiger partial charge is 0.385 e. The smallest absolute Gasteiger partial charge is 0.0833 e. The molecule has 0 amide bonds. The van der Waals surface area contributed by atoms with Crippen molar-refractivity contribution in [3.05, 3.63) is 0 Å². The van der Waals surface area contributed by atoms with Crippen LogP contribution < -0.4 is 5.32 Å². The molecule has 1 N–H and O–H groups in total. The van der Waals surface area contributed by atoms with Crippen LogP contribution in [0.2, 0.25) is 0 Å². The Hall–Kier alpha value is -0.120. The van der Waals surface area contributed by atoms with Gasteiger partial charge in [-0.25, -0.2) is 0 Å². The molecule has 3 nitrogen and oxygen atoms in total. The van der Waals surface area contributed by atoms with Gasteiger partial charge in [-0.15, -0.1) is 0 Å². The SMILES string of the molecule is CCNC(C(C)CCOC)C1(OC)CCCC1. The first kappa shape index (κ1) is 14.9. The second kappa shape index (κ2) is 7.34.